The maximum atomic E-state index is 14.2. The molecule has 1 unspecified atom stereocenters. The molecule has 0 radical (unpaired) electrons. The highest BCUT2D eigenvalue weighted by Gasteiger charge is 2.21. The van der Waals surface area contributed by atoms with Gasteiger partial charge in [-0.15, -0.1) is 0 Å². The van der Waals surface area contributed by atoms with Gasteiger partial charge in [0.2, 0.25) is 0 Å². The van der Waals surface area contributed by atoms with E-state index in [1.54, 1.807) is 12.3 Å². The van der Waals surface area contributed by atoms with Crippen LogP contribution in [-0.4, -0.2) is 36.1 Å². The zero-order valence-corrected chi connectivity index (χ0v) is 12.2. The molecule has 1 aliphatic rings. The number of halogens is 1. The molecule has 0 amide bonds. The van der Waals surface area contributed by atoms with Crippen LogP contribution in [0.25, 0.3) is 10.9 Å². The van der Waals surface area contributed by atoms with Crippen molar-refractivity contribution >= 4 is 16.6 Å². The Bertz CT molecular complexity index is 647. The molecule has 1 fully saturated rings. The van der Waals surface area contributed by atoms with E-state index in [0.717, 1.165) is 18.4 Å². The molecule has 2 aromatic rings. The molecular formula is C16H20FN3O. The van der Waals surface area contributed by atoms with Gasteiger partial charge < -0.3 is 15.4 Å². The predicted molar refractivity (Wildman–Crippen MR) is 81.9 cm³/mol. The summed E-state index contributed by atoms with van der Waals surface area (Å²) in [4.78, 5) is 6.50. The van der Waals surface area contributed by atoms with Gasteiger partial charge in [-0.1, -0.05) is 6.42 Å². The maximum Gasteiger partial charge on any atom is 0.181 e. The fraction of sp³-hybridized carbons (Fsp3) is 0.438. The van der Waals surface area contributed by atoms with Gasteiger partial charge in [0.05, 0.1) is 0 Å². The molecule has 1 aliphatic heterocycles. The minimum atomic E-state index is -0.447. The Morgan fingerprint density at radius 3 is 3.14 bits per heavy atom. The van der Waals surface area contributed by atoms with Crippen LogP contribution in [0.3, 0.4) is 0 Å². The number of pyridine rings is 1. The average molecular weight is 289 g/mol. The van der Waals surface area contributed by atoms with E-state index in [9.17, 15) is 4.39 Å². The van der Waals surface area contributed by atoms with Gasteiger partial charge in [0, 0.05) is 29.4 Å². The summed E-state index contributed by atoms with van der Waals surface area (Å²) >= 11 is 0. The van der Waals surface area contributed by atoms with E-state index >= 15 is 0 Å². The monoisotopic (exact) mass is 289 g/mol. The van der Waals surface area contributed by atoms with Crippen molar-refractivity contribution in [1.82, 2.24) is 9.88 Å². The minimum absolute atomic E-state index is 0.207. The minimum Gasteiger partial charge on any atom is -0.487 e. The van der Waals surface area contributed by atoms with Crippen LogP contribution < -0.4 is 10.5 Å². The molecule has 1 aromatic carbocycles. The molecule has 1 atom stereocenters. The lowest BCUT2D eigenvalue weighted by molar-refractivity contribution is 0.123. The molecule has 21 heavy (non-hydrogen) atoms. The lowest BCUT2D eigenvalue weighted by atomic mass is 10.0. The predicted octanol–water partition coefficient (Wildman–Crippen LogP) is 2.82. The third kappa shape index (κ3) is 2.78. The number of anilines is 1. The Balaban J connectivity index is 1.86. The van der Waals surface area contributed by atoms with E-state index in [4.69, 9.17) is 10.5 Å². The van der Waals surface area contributed by atoms with Crippen LogP contribution in [0.1, 0.15) is 19.3 Å². The van der Waals surface area contributed by atoms with Gasteiger partial charge in [0.15, 0.2) is 11.6 Å². The zero-order valence-electron chi connectivity index (χ0n) is 12.2. The van der Waals surface area contributed by atoms with Crippen molar-refractivity contribution in [2.24, 2.45) is 0 Å². The van der Waals surface area contributed by atoms with E-state index in [-0.39, 0.29) is 5.75 Å². The van der Waals surface area contributed by atoms with Crippen molar-refractivity contribution in [1.29, 1.82) is 0 Å². The van der Waals surface area contributed by atoms with Gasteiger partial charge in [-0.3, -0.25) is 4.98 Å². The SMILES string of the molecule is CN1CCCCC1COc1c(F)cc(N)c2cccnc12. The fourth-order valence-electron chi connectivity index (χ4n) is 2.88. The van der Waals surface area contributed by atoms with E-state index < -0.39 is 5.82 Å². The van der Waals surface area contributed by atoms with Crippen molar-refractivity contribution in [3.8, 4) is 5.75 Å². The van der Waals surface area contributed by atoms with E-state index in [1.807, 2.05) is 6.07 Å². The van der Waals surface area contributed by atoms with E-state index in [2.05, 4.69) is 16.9 Å². The number of likely N-dealkylation sites (N-methyl/N-ethyl adjacent to an activating group) is 1. The van der Waals surface area contributed by atoms with Crippen LogP contribution in [-0.2, 0) is 0 Å². The number of hydrogen-bond acceptors (Lipinski definition) is 4. The molecule has 2 heterocycles. The van der Waals surface area contributed by atoms with Gasteiger partial charge in [0.1, 0.15) is 12.1 Å². The second-order valence-electron chi connectivity index (χ2n) is 5.62. The van der Waals surface area contributed by atoms with Crippen LogP contribution in [0.15, 0.2) is 24.4 Å². The number of hydrogen-bond donors (Lipinski definition) is 1. The van der Waals surface area contributed by atoms with Crippen LogP contribution in [0.4, 0.5) is 10.1 Å². The first-order chi connectivity index (χ1) is 10.2. The Hall–Kier alpha value is -1.88. The fourth-order valence-corrected chi connectivity index (χ4v) is 2.88. The van der Waals surface area contributed by atoms with Crippen LogP contribution in [0.5, 0.6) is 5.75 Å². The highest BCUT2D eigenvalue weighted by molar-refractivity contribution is 5.94. The molecule has 0 bridgehead atoms. The quantitative estimate of drug-likeness (QED) is 0.883. The Labute approximate surface area is 123 Å². The van der Waals surface area contributed by atoms with E-state index in [1.165, 1.54) is 18.9 Å². The van der Waals surface area contributed by atoms with E-state index in [0.29, 0.717) is 23.9 Å². The van der Waals surface area contributed by atoms with Crippen LogP contribution in [0, 0.1) is 5.82 Å². The molecule has 2 N–H and O–H groups in total. The number of nitrogen functional groups attached to an aromatic ring is 1. The lowest BCUT2D eigenvalue weighted by Gasteiger charge is -2.32. The third-order valence-corrected chi connectivity index (χ3v) is 4.17. The first-order valence-electron chi connectivity index (χ1n) is 7.32. The number of fused-ring (bicyclic) bond motifs is 1. The van der Waals surface area contributed by atoms with Crippen LogP contribution >= 0.6 is 0 Å². The maximum absolute atomic E-state index is 14.2. The molecule has 3 rings (SSSR count). The normalized spacial score (nSPS) is 19.8. The number of nitrogens with two attached hydrogens (primary N) is 1. The first kappa shape index (κ1) is 14.1. The van der Waals surface area contributed by atoms with Crippen molar-refractivity contribution in [2.75, 3.05) is 25.9 Å². The highest BCUT2D eigenvalue weighted by Crippen LogP contribution is 2.32. The van der Waals surface area contributed by atoms with Gasteiger partial charge >= 0.3 is 0 Å². The summed E-state index contributed by atoms with van der Waals surface area (Å²) < 4.78 is 20.0. The van der Waals surface area contributed by atoms with Crippen molar-refractivity contribution in [3.63, 3.8) is 0 Å². The topological polar surface area (TPSA) is 51.4 Å². The zero-order chi connectivity index (χ0) is 14.8. The summed E-state index contributed by atoms with van der Waals surface area (Å²) in [5, 5.41) is 0.728. The smallest absolute Gasteiger partial charge is 0.181 e. The second kappa shape index (κ2) is 5.85. The second-order valence-corrected chi connectivity index (χ2v) is 5.62. The summed E-state index contributed by atoms with van der Waals surface area (Å²) in [7, 11) is 2.09. The molecular weight excluding hydrogens is 269 g/mol. The number of aromatic nitrogens is 1. The number of piperidine rings is 1. The Morgan fingerprint density at radius 1 is 1.48 bits per heavy atom. The van der Waals surface area contributed by atoms with Crippen molar-refractivity contribution in [2.45, 2.75) is 25.3 Å². The number of ether oxygens (including phenoxy) is 1. The van der Waals surface area contributed by atoms with Gasteiger partial charge in [-0.2, -0.15) is 0 Å². The van der Waals surface area contributed by atoms with Gasteiger partial charge in [0.25, 0.3) is 0 Å². The first-order valence-corrected chi connectivity index (χ1v) is 7.32. The summed E-state index contributed by atoms with van der Waals surface area (Å²) in [5.41, 5.74) is 6.72. The number of nitrogens with zero attached hydrogens (tertiary/aromatic N) is 2. The van der Waals surface area contributed by atoms with Crippen molar-refractivity contribution < 1.29 is 9.13 Å². The van der Waals surface area contributed by atoms with Crippen LogP contribution in [0.2, 0.25) is 0 Å². The standard InChI is InChI=1S/C16H20FN3O/c1-20-8-3-2-5-11(20)10-21-16-13(17)9-14(18)12-6-4-7-19-15(12)16/h4,6-7,9,11H,2-3,5,8,10,18H2,1H3. The highest BCUT2D eigenvalue weighted by atomic mass is 19.1. The number of rotatable bonds is 3. The molecule has 4 nitrogen and oxygen atoms in total. The largest absolute Gasteiger partial charge is 0.487 e. The number of benzene rings is 1. The third-order valence-electron chi connectivity index (χ3n) is 4.17. The summed E-state index contributed by atoms with van der Waals surface area (Å²) in [6, 6.07) is 5.25. The lowest BCUT2D eigenvalue weighted by Crippen LogP contribution is -2.40. The van der Waals surface area contributed by atoms with Crippen molar-refractivity contribution in [3.05, 3.63) is 30.2 Å². The average Bonchev–Trinajstić information content (AvgIpc) is 2.49. The molecule has 112 valence electrons. The van der Waals surface area contributed by atoms with Gasteiger partial charge in [-0.05, 0) is 38.6 Å². The molecule has 0 aliphatic carbocycles. The molecule has 0 spiro atoms. The number of likely N-dealkylation sites (tertiary alicyclic amines) is 1. The Morgan fingerprint density at radius 2 is 2.33 bits per heavy atom. The summed E-state index contributed by atoms with van der Waals surface area (Å²) in [6.07, 6.45) is 5.12. The molecule has 1 aromatic heterocycles. The molecule has 0 saturated carbocycles. The van der Waals surface area contributed by atoms with Gasteiger partial charge in [-0.25, -0.2) is 4.39 Å². The molecule has 1 saturated heterocycles. The summed E-state index contributed by atoms with van der Waals surface area (Å²) in [5.74, 6) is -0.240. The Kier molecular flexibility index (Phi) is 3.92. The molecule has 5 heteroatoms. The summed E-state index contributed by atoms with van der Waals surface area (Å²) in [6.45, 7) is 1.54.